The van der Waals surface area contributed by atoms with Crippen LogP contribution in [0, 0.1) is 0 Å². The number of ether oxygens (including phenoxy) is 1. The number of aliphatic hydroxyl groups excluding tert-OH is 2. The molecule has 0 radical (unpaired) electrons. The van der Waals surface area contributed by atoms with E-state index in [1.54, 1.807) is 6.07 Å². The van der Waals surface area contributed by atoms with Crippen molar-refractivity contribution in [1.82, 2.24) is 10.2 Å². The van der Waals surface area contributed by atoms with Gasteiger partial charge in [-0.05, 0) is 53.6 Å². The number of anilines is 1. The van der Waals surface area contributed by atoms with Crippen LogP contribution < -0.4 is 15.0 Å². The Hall–Kier alpha value is -4.30. The molecule has 3 aromatic carbocycles. The summed E-state index contributed by atoms with van der Waals surface area (Å²) in [4.78, 5) is 28.6. The second kappa shape index (κ2) is 13.6. The molecule has 2 atom stereocenters. The molecule has 14 heteroatoms. The van der Waals surface area contributed by atoms with E-state index in [-0.39, 0.29) is 37.0 Å². The van der Waals surface area contributed by atoms with E-state index in [9.17, 15) is 46.1 Å². The van der Waals surface area contributed by atoms with Crippen molar-refractivity contribution in [2.45, 2.75) is 37.7 Å². The fourth-order valence-corrected chi connectivity index (χ4v) is 4.60. The largest absolute Gasteiger partial charge is 0.489 e. The topological polar surface area (TPSA) is 102 Å². The number of para-hydroxylation sites is 1. The van der Waals surface area contributed by atoms with E-state index in [0.717, 1.165) is 5.69 Å². The third-order valence-electron chi connectivity index (χ3n) is 6.95. The monoisotopic (exact) mass is 625 g/mol. The minimum absolute atomic E-state index is 0.0255. The summed E-state index contributed by atoms with van der Waals surface area (Å²) >= 11 is 0. The summed E-state index contributed by atoms with van der Waals surface area (Å²) in [6, 6.07) is 16.5. The molecule has 0 bridgehead atoms. The molecule has 44 heavy (non-hydrogen) atoms. The fourth-order valence-electron chi connectivity index (χ4n) is 4.60. The van der Waals surface area contributed by atoms with Gasteiger partial charge in [0.15, 0.2) is 12.2 Å². The highest BCUT2D eigenvalue weighted by molar-refractivity contribution is 5.90. The summed E-state index contributed by atoms with van der Waals surface area (Å²) in [5.41, 5.74) is -1.89. The van der Waals surface area contributed by atoms with Gasteiger partial charge in [0.1, 0.15) is 12.4 Å². The Balaban J connectivity index is 1.30. The third-order valence-corrected chi connectivity index (χ3v) is 6.95. The number of piperazine rings is 1. The van der Waals surface area contributed by atoms with Crippen molar-refractivity contribution in [3.8, 4) is 5.75 Å². The number of hydrogen-bond donors (Lipinski definition) is 3. The van der Waals surface area contributed by atoms with Gasteiger partial charge in [-0.3, -0.25) is 9.59 Å². The number of alkyl halides is 6. The zero-order valence-corrected chi connectivity index (χ0v) is 23.1. The average Bonchev–Trinajstić information content (AvgIpc) is 3.01. The second-order valence-electron chi connectivity index (χ2n) is 10.1. The molecule has 0 unspecified atom stereocenters. The molecule has 3 aromatic rings. The molecule has 0 saturated carbocycles. The van der Waals surface area contributed by atoms with Gasteiger partial charge >= 0.3 is 12.4 Å². The fraction of sp³-hybridized carbons (Fsp3) is 0.333. The van der Waals surface area contributed by atoms with Gasteiger partial charge in [-0.25, -0.2) is 0 Å². The van der Waals surface area contributed by atoms with E-state index in [4.69, 9.17) is 4.74 Å². The van der Waals surface area contributed by atoms with E-state index in [0.29, 0.717) is 30.8 Å². The lowest BCUT2D eigenvalue weighted by Gasteiger charge is -2.37. The highest BCUT2D eigenvalue weighted by atomic mass is 19.4. The van der Waals surface area contributed by atoms with Crippen molar-refractivity contribution in [2.75, 3.05) is 31.1 Å². The summed E-state index contributed by atoms with van der Waals surface area (Å²) in [5, 5.41) is 23.1. The van der Waals surface area contributed by atoms with E-state index in [1.165, 1.54) is 23.1 Å². The molecule has 0 aromatic heterocycles. The first-order chi connectivity index (χ1) is 20.7. The zero-order chi connectivity index (χ0) is 32.1. The van der Waals surface area contributed by atoms with Gasteiger partial charge in [0.25, 0.3) is 11.8 Å². The van der Waals surface area contributed by atoms with Crippen molar-refractivity contribution in [3.05, 3.63) is 95.1 Å². The van der Waals surface area contributed by atoms with Gasteiger partial charge in [0, 0.05) is 38.4 Å². The number of amides is 2. The minimum atomic E-state index is -4.99. The number of aliphatic hydroxyl groups is 2. The van der Waals surface area contributed by atoms with Gasteiger partial charge in [0.05, 0.1) is 11.1 Å². The molecule has 0 aliphatic carbocycles. The maximum atomic E-state index is 13.1. The van der Waals surface area contributed by atoms with Crippen LogP contribution in [0.3, 0.4) is 0 Å². The number of nitrogens with zero attached hydrogens (tertiary/aromatic N) is 2. The molecule has 1 fully saturated rings. The maximum Gasteiger partial charge on any atom is 0.416 e. The van der Waals surface area contributed by atoms with E-state index in [1.807, 2.05) is 30.3 Å². The van der Waals surface area contributed by atoms with Crippen LogP contribution in [-0.2, 0) is 35.1 Å². The van der Waals surface area contributed by atoms with Gasteiger partial charge in [-0.1, -0.05) is 30.3 Å². The normalized spacial score (nSPS) is 15.5. The summed E-state index contributed by atoms with van der Waals surface area (Å²) in [6.45, 7) is 0.774. The van der Waals surface area contributed by atoms with Crippen LogP contribution in [0.25, 0.3) is 0 Å². The molecule has 1 aliphatic rings. The van der Waals surface area contributed by atoms with Gasteiger partial charge in [-0.15, -0.1) is 0 Å². The van der Waals surface area contributed by atoms with Crippen molar-refractivity contribution in [2.24, 2.45) is 0 Å². The Morgan fingerprint density at radius 1 is 0.773 bits per heavy atom. The predicted octanol–water partition coefficient (Wildman–Crippen LogP) is 3.99. The SMILES string of the molecule is O=C(NCc1cccc(OCc2cc(C(F)(F)F)cc(C(F)(F)F)c2)c1)[C@H](O)[C@@H](O)C(=O)N1CCN(c2ccccc2)CC1. The van der Waals surface area contributed by atoms with Gasteiger partial charge in [0.2, 0.25) is 0 Å². The van der Waals surface area contributed by atoms with Gasteiger partial charge < -0.3 is 30.1 Å². The lowest BCUT2D eigenvalue weighted by atomic mass is 10.1. The number of benzene rings is 3. The van der Waals surface area contributed by atoms with E-state index < -0.39 is 54.1 Å². The summed E-state index contributed by atoms with van der Waals surface area (Å²) in [7, 11) is 0. The maximum absolute atomic E-state index is 13.1. The molecule has 3 N–H and O–H groups in total. The third kappa shape index (κ3) is 8.41. The Labute approximate surface area is 248 Å². The number of nitrogens with one attached hydrogen (secondary N) is 1. The van der Waals surface area contributed by atoms with E-state index >= 15 is 0 Å². The van der Waals surface area contributed by atoms with Crippen LogP contribution in [-0.4, -0.2) is 65.3 Å². The molecule has 1 saturated heterocycles. The molecular formula is C30H29F6N3O5. The quantitative estimate of drug-likeness (QED) is 0.311. The summed E-state index contributed by atoms with van der Waals surface area (Å²) in [5.74, 6) is -1.73. The molecule has 1 aliphatic heterocycles. The number of halogens is 6. The van der Waals surface area contributed by atoms with Crippen molar-refractivity contribution in [3.63, 3.8) is 0 Å². The number of hydrogen-bond acceptors (Lipinski definition) is 6. The van der Waals surface area contributed by atoms with Crippen LogP contribution in [0.2, 0.25) is 0 Å². The first-order valence-corrected chi connectivity index (χ1v) is 13.4. The first-order valence-electron chi connectivity index (χ1n) is 13.4. The Morgan fingerprint density at radius 2 is 1.39 bits per heavy atom. The highest BCUT2D eigenvalue weighted by Gasteiger charge is 2.37. The zero-order valence-electron chi connectivity index (χ0n) is 23.1. The van der Waals surface area contributed by atoms with Crippen molar-refractivity contribution >= 4 is 17.5 Å². The lowest BCUT2D eigenvalue weighted by Crippen LogP contribution is -2.55. The second-order valence-corrected chi connectivity index (χ2v) is 10.1. The molecule has 2 amide bonds. The summed E-state index contributed by atoms with van der Waals surface area (Å²) in [6.07, 6.45) is -14.0. The number of rotatable bonds is 9. The van der Waals surface area contributed by atoms with Crippen LogP contribution in [0.1, 0.15) is 22.3 Å². The standard InChI is InChI=1S/C30H29F6N3O5/c31-29(32,33)21-13-20(14-22(16-21)30(34,35)36)18-44-24-8-4-5-19(15-24)17-37-27(42)25(40)26(41)28(43)39-11-9-38(10-12-39)23-6-2-1-3-7-23/h1-8,13-16,25-26,40-41H,9-12,17-18H2,(H,37,42)/t25-,26-/m1/s1. The average molecular weight is 626 g/mol. The minimum Gasteiger partial charge on any atom is -0.489 e. The van der Waals surface area contributed by atoms with Crippen molar-refractivity contribution < 1.29 is 50.9 Å². The smallest absolute Gasteiger partial charge is 0.416 e. The Kier molecular flexibility index (Phi) is 10.0. The Morgan fingerprint density at radius 3 is 1.98 bits per heavy atom. The van der Waals surface area contributed by atoms with Crippen LogP contribution >= 0.6 is 0 Å². The first kappa shape index (κ1) is 32.6. The predicted molar refractivity (Wildman–Crippen MR) is 146 cm³/mol. The highest BCUT2D eigenvalue weighted by Crippen LogP contribution is 2.36. The molecular weight excluding hydrogens is 596 g/mol. The molecule has 1 heterocycles. The molecule has 236 valence electrons. The molecule has 0 spiro atoms. The molecule has 8 nitrogen and oxygen atoms in total. The van der Waals surface area contributed by atoms with Crippen molar-refractivity contribution in [1.29, 1.82) is 0 Å². The summed E-state index contributed by atoms with van der Waals surface area (Å²) < 4.78 is 84.1. The van der Waals surface area contributed by atoms with Gasteiger partial charge in [-0.2, -0.15) is 26.3 Å². The number of carbonyl (C=O) groups is 2. The van der Waals surface area contributed by atoms with Crippen LogP contribution in [0.4, 0.5) is 32.0 Å². The van der Waals surface area contributed by atoms with Crippen LogP contribution in [0.5, 0.6) is 5.75 Å². The number of carbonyl (C=O) groups excluding carboxylic acids is 2. The molecule has 4 rings (SSSR count). The van der Waals surface area contributed by atoms with Crippen LogP contribution in [0.15, 0.2) is 72.8 Å². The lowest BCUT2D eigenvalue weighted by molar-refractivity contribution is -0.153. The Bertz CT molecular complexity index is 1410. The van der Waals surface area contributed by atoms with E-state index in [2.05, 4.69) is 10.2 Å².